The molecule has 3 rings (SSSR count). The van der Waals surface area contributed by atoms with Gasteiger partial charge in [0.2, 0.25) is 5.75 Å². The standard InChI is InChI=1S/C20H23N3O3S/c1-12-5-7-13(8-6-12)15-11-16(23(22-15)20(21)27)14-9-17(24-2)19(26-4)18(10-14)25-3/h5-10,16H,11H2,1-4H3,(H2,21,27). The van der Waals surface area contributed by atoms with Crippen LogP contribution in [0.25, 0.3) is 0 Å². The third-order valence-corrected chi connectivity index (χ3v) is 4.78. The normalized spacial score (nSPS) is 16.1. The molecule has 1 unspecified atom stereocenters. The monoisotopic (exact) mass is 385 g/mol. The van der Waals surface area contributed by atoms with Crippen molar-refractivity contribution in [3.8, 4) is 17.2 Å². The highest BCUT2D eigenvalue weighted by Crippen LogP contribution is 2.43. The minimum absolute atomic E-state index is 0.146. The number of thiocarbonyl (C=S) groups is 1. The summed E-state index contributed by atoms with van der Waals surface area (Å²) in [6.45, 7) is 2.06. The molecule has 0 fully saturated rings. The van der Waals surface area contributed by atoms with Gasteiger partial charge in [-0.1, -0.05) is 29.8 Å². The van der Waals surface area contributed by atoms with Gasteiger partial charge < -0.3 is 19.9 Å². The number of aryl methyl sites for hydroxylation is 1. The molecule has 142 valence electrons. The molecule has 0 saturated heterocycles. The maximum atomic E-state index is 5.95. The molecule has 0 amide bonds. The predicted octanol–water partition coefficient (Wildman–Crippen LogP) is 3.42. The summed E-state index contributed by atoms with van der Waals surface area (Å²) >= 11 is 5.24. The summed E-state index contributed by atoms with van der Waals surface area (Å²) in [6, 6.07) is 11.9. The molecule has 6 nitrogen and oxygen atoms in total. The fourth-order valence-corrected chi connectivity index (χ4v) is 3.36. The molecular formula is C20H23N3O3S. The molecule has 1 aliphatic heterocycles. The van der Waals surface area contributed by atoms with Gasteiger partial charge in [-0.05, 0) is 42.4 Å². The van der Waals surface area contributed by atoms with Crippen LogP contribution >= 0.6 is 12.2 Å². The molecule has 0 aliphatic carbocycles. The zero-order chi connectivity index (χ0) is 19.6. The van der Waals surface area contributed by atoms with Gasteiger partial charge in [0, 0.05) is 6.42 Å². The van der Waals surface area contributed by atoms with Crippen LogP contribution in [0.3, 0.4) is 0 Å². The number of rotatable bonds is 5. The average molecular weight is 385 g/mol. The summed E-state index contributed by atoms with van der Waals surface area (Å²) < 4.78 is 16.4. The van der Waals surface area contributed by atoms with Crippen LogP contribution in [0.4, 0.5) is 0 Å². The van der Waals surface area contributed by atoms with E-state index in [1.807, 2.05) is 12.1 Å². The van der Waals surface area contributed by atoms with Gasteiger partial charge in [-0.25, -0.2) is 5.01 Å². The summed E-state index contributed by atoms with van der Waals surface area (Å²) in [7, 11) is 4.76. The van der Waals surface area contributed by atoms with Crippen LogP contribution in [0, 0.1) is 6.92 Å². The van der Waals surface area contributed by atoms with E-state index in [2.05, 4.69) is 36.3 Å². The number of hydrazone groups is 1. The van der Waals surface area contributed by atoms with Crippen LogP contribution in [0.15, 0.2) is 41.5 Å². The lowest BCUT2D eigenvalue weighted by Crippen LogP contribution is -2.31. The topological polar surface area (TPSA) is 69.3 Å². The van der Waals surface area contributed by atoms with Crippen molar-refractivity contribution in [3.63, 3.8) is 0 Å². The second-order valence-corrected chi connectivity index (χ2v) is 6.69. The fraction of sp³-hybridized carbons (Fsp3) is 0.300. The Labute approximate surface area is 164 Å². The van der Waals surface area contributed by atoms with E-state index in [-0.39, 0.29) is 11.2 Å². The third kappa shape index (κ3) is 3.68. The highest BCUT2D eigenvalue weighted by Gasteiger charge is 2.32. The summed E-state index contributed by atoms with van der Waals surface area (Å²) in [5, 5.41) is 6.56. The first-order chi connectivity index (χ1) is 13.0. The fourth-order valence-electron chi connectivity index (χ4n) is 3.19. The van der Waals surface area contributed by atoms with E-state index >= 15 is 0 Å². The summed E-state index contributed by atoms with van der Waals surface area (Å²) in [5.74, 6) is 1.71. The summed E-state index contributed by atoms with van der Waals surface area (Å²) in [5.41, 5.74) is 10.1. The lowest BCUT2D eigenvalue weighted by atomic mass is 9.97. The molecule has 1 heterocycles. The van der Waals surface area contributed by atoms with Crippen molar-refractivity contribution in [3.05, 3.63) is 53.1 Å². The molecule has 0 bridgehead atoms. The van der Waals surface area contributed by atoms with Gasteiger partial charge in [-0.2, -0.15) is 5.10 Å². The van der Waals surface area contributed by atoms with Crippen molar-refractivity contribution in [2.75, 3.05) is 21.3 Å². The number of ether oxygens (including phenoxy) is 3. The number of hydrogen-bond acceptors (Lipinski definition) is 5. The predicted molar refractivity (Wildman–Crippen MR) is 110 cm³/mol. The van der Waals surface area contributed by atoms with E-state index in [4.69, 9.17) is 32.2 Å². The SMILES string of the molecule is COc1cc(C2CC(c3ccc(C)cc3)=NN2C(N)=S)cc(OC)c1OC. The van der Waals surface area contributed by atoms with Gasteiger partial charge in [-0.15, -0.1) is 0 Å². The Balaban J connectivity index is 2.01. The molecule has 7 heteroatoms. The molecular weight excluding hydrogens is 362 g/mol. The average Bonchev–Trinajstić information content (AvgIpc) is 3.13. The number of hydrogen-bond donors (Lipinski definition) is 1. The minimum Gasteiger partial charge on any atom is -0.493 e. The molecule has 0 radical (unpaired) electrons. The lowest BCUT2D eigenvalue weighted by Gasteiger charge is -2.23. The van der Waals surface area contributed by atoms with Crippen molar-refractivity contribution >= 4 is 23.0 Å². The smallest absolute Gasteiger partial charge is 0.203 e. The Morgan fingerprint density at radius 3 is 2.15 bits per heavy atom. The number of benzene rings is 2. The van der Waals surface area contributed by atoms with Gasteiger partial charge >= 0.3 is 0 Å². The highest BCUT2D eigenvalue weighted by atomic mass is 32.1. The van der Waals surface area contributed by atoms with E-state index in [0.29, 0.717) is 23.7 Å². The van der Waals surface area contributed by atoms with Crippen LogP contribution in [-0.2, 0) is 0 Å². The quantitative estimate of drug-likeness (QED) is 0.796. The van der Waals surface area contributed by atoms with Gasteiger partial charge in [-0.3, -0.25) is 0 Å². The van der Waals surface area contributed by atoms with Crippen molar-refractivity contribution in [1.82, 2.24) is 5.01 Å². The Hall–Kier alpha value is -2.80. The lowest BCUT2D eigenvalue weighted by molar-refractivity contribution is 0.319. The maximum absolute atomic E-state index is 5.95. The van der Waals surface area contributed by atoms with Crippen LogP contribution < -0.4 is 19.9 Å². The van der Waals surface area contributed by atoms with E-state index in [1.54, 1.807) is 26.3 Å². The molecule has 1 aliphatic rings. The second kappa shape index (κ2) is 7.84. The van der Waals surface area contributed by atoms with Crippen LogP contribution in [0.2, 0.25) is 0 Å². The van der Waals surface area contributed by atoms with Gasteiger partial charge in [0.1, 0.15) is 0 Å². The minimum atomic E-state index is -0.146. The Morgan fingerprint density at radius 2 is 1.67 bits per heavy atom. The Kier molecular flexibility index (Phi) is 5.51. The summed E-state index contributed by atoms with van der Waals surface area (Å²) in [6.07, 6.45) is 0.666. The first-order valence-electron chi connectivity index (χ1n) is 8.51. The molecule has 2 aromatic carbocycles. The van der Waals surface area contributed by atoms with E-state index < -0.39 is 0 Å². The number of nitrogens with zero attached hydrogens (tertiary/aromatic N) is 2. The summed E-state index contributed by atoms with van der Waals surface area (Å²) in [4.78, 5) is 0. The van der Waals surface area contributed by atoms with E-state index in [9.17, 15) is 0 Å². The van der Waals surface area contributed by atoms with Crippen LogP contribution in [-0.4, -0.2) is 37.2 Å². The first-order valence-corrected chi connectivity index (χ1v) is 8.92. The molecule has 2 N–H and O–H groups in total. The molecule has 1 atom stereocenters. The molecule has 0 spiro atoms. The number of methoxy groups -OCH3 is 3. The largest absolute Gasteiger partial charge is 0.493 e. The Morgan fingerprint density at radius 1 is 1.07 bits per heavy atom. The zero-order valence-electron chi connectivity index (χ0n) is 15.9. The number of nitrogens with two attached hydrogens (primary N) is 1. The highest BCUT2D eigenvalue weighted by molar-refractivity contribution is 7.80. The van der Waals surface area contributed by atoms with E-state index in [1.165, 1.54) is 5.56 Å². The van der Waals surface area contributed by atoms with E-state index in [0.717, 1.165) is 16.8 Å². The van der Waals surface area contributed by atoms with Gasteiger partial charge in [0.25, 0.3) is 0 Å². The van der Waals surface area contributed by atoms with Crippen molar-refractivity contribution < 1.29 is 14.2 Å². The molecule has 0 saturated carbocycles. The van der Waals surface area contributed by atoms with Gasteiger partial charge in [0.15, 0.2) is 16.6 Å². The van der Waals surface area contributed by atoms with Gasteiger partial charge in [0.05, 0.1) is 33.1 Å². The van der Waals surface area contributed by atoms with Crippen molar-refractivity contribution in [2.24, 2.45) is 10.8 Å². The molecule has 27 heavy (non-hydrogen) atoms. The van der Waals surface area contributed by atoms with Crippen molar-refractivity contribution in [1.29, 1.82) is 0 Å². The first kappa shape index (κ1) is 19.0. The maximum Gasteiger partial charge on any atom is 0.203 e. The Bertz CT molecular complexity index is 856. The zero-order valence-corrected chi connectivity index (χ0v) is 16.7. The van der Waals surface area contributed by atoms with Crippen LogP contribution in [0.1, 0.15) is 29.2 Å². The van der Waals surface area contributed by atoms with Crippen LogP contribution in [0.5, 0.6) is 17.2 Å². The second-order valence-electron chi connectivity index (χ2n) is 6.27. The molecule has 0 aromatic heterocycles. The third-order valence-electron chi connectivity index (χ3n) is 4.59. The van der Waals surface area contributed by atoms with Crippen molar-refractivity contribution in [2.45, 2.75) is 19.4 Å². The molecule has 2 aromatic rings.